The molecular weight excluding hydrogens is 425 g/mol. The fraction of sp³-hybridized carbons (Fsp3) is 0.444. The Kier molecular flexibility index (Phi) is 6.60. The number of hydrogen-bond donors (Lipinski definition) is 2. The van der Waals surface area contributed by atoms with Gasteiger partial charge >= 0.3 is 12.1 Å². The van der Waals surface area contributed by atoms with Crippen molar-refractivity contribution in [3.8, 4) is 0 Å². The van der Waals surface area contributed by atoms with Crippen molar-refractivity contribution < 1.29 is 32.3 Å². The highest BCUT2D eigenvalue weighted by atomic mass is 32.1. The number of hydrogen-bond acceptors (Lipinski definition) is 6. The number of anilines is 1. The van der Waals surface area contributed by atoms with Gasteiger partial charge in [0.1, 0.15) is 11.0 Å². The molecule has 0 spiro atoms. The van der Waals surface area contributed by atoms with E-state index < -0.39 is 41.8 Å². The number of amides is 2. The second kappa shape index (κ2) is 8.46. The summed E-state index contributed by atoms with van der Waals surface area (Å²) in [5, 5.41) is 5.96. The summed E-state index contributed by atoms with van der Waals surface area (Å²) in [7, 11) is 0. The molecule has 0 saturated heterocycles. The summed E-state index contributed by atoms with van der Waals surface area (Å²) in [5.41, 5.74) is 4.55. The number of carbonyl (C=O) groups excluding carboxylic acids is 3. The number of halogens is 3. The monoisotopic (exact) mass is 446 g/mol. The van der Waals surface area contributed by atoms with Gasteiger partial charge in [0.2, 0.25) is 5.91 Å². The van der Waals surface area contributed by atoms with Crippen molar-refractivity contribution in [2.45, 2.75) is 52.9 Å². The van der Waals surface area contributed by atoms with Gasteiger partial charge in [-0.2, -0.15) is 18.3 Å². The Morgan fingerprint density at radius 2 is 1.83 bits per heavy atom. The quantitative estimate of drug-likeness (QED) is 0.660. The van der Waals surface area contributed by atoms with Gasteiger partial charge in [0, 0.05) is 5.69 Å². The van der Waals surface area contributed by atoms with Crippen LogP contribution in [-0.2, 0) is 15.7 Å². The van der Waals surface area contributed by atoms with E-state index in [9.17, 15) is 27.6 Å². The number of aryl methyl sites for hydroxylation is 1. The number of thiophene rings is 1. The minimum Gasteiger partial charge on any atom is -0.459 e. The van der Waals surface area contributed by atoms with E-state index in [2.05, 4.69) is 10.4 Å². The molecule has 3 N–H and O–H groups in total. The highest BCUT2D eigenvalue weighted by Crippen LogP contribution is 2.35. The van der Waals surface area contributed by atoms with Crippen LogP contribution >= 0.6 is 11.3 Å². The van der Waals surface area contributed by atoms with E-state index in [1.807, 2.05) is 0 Å². The van der Waals surface area contributed by atoms with E-state index >= 15 is 0 Å². The fourth-order valence-corrected chi connectivity index (χ4v) is 3.75. The topological polar surface area (TPSA) is 116 Å². The Morgan fingerprint density at radius 1 is 1.23 bits per heavy atom. The molecule has 0 aliphatic rings. The van der Waals surface area contributed by atoms with Crippen molar-refractivity contribution in [2.75, 3.05) is 5.32 Å². The van der Waals surface area contributed by atoms with Crippen molar-refractivity contribution in [3.05, 3.63) is 33.5 Å². The molecule has 8 nitrogen and oxygen atoms in total. The van der Waals surface area contributed by atoms with Gasteiger partial charge in [0.15, 0.2) is 5.69 Å². The van der Waals surface area contributed by atoms with Crippen LogP contribution in [0.3, 0.4) is 0 Å². The average Bonchev–Trinajstić information content (AvgIpc) is 3.13. The minimum atomic E-state index is -4.65. The van der Waals surface area contributed by atoms with Gasteiger partial charge in [0.05, 0.1) is 16.5 Å². The molecular formula is C18H21F3N4O4S. The number of nitrogens with one attached hydrogen (secondary N) is 1. The first-order valence-electron chi connectivity index (χ1n) is 8.82. The molecule has 2 aromatic heterocycles. The van der Waals surface area contributed by atoms with Gasteiger partial charge in [0.25, 0.3) is 5.91 Å². The molecule has 0 saturated carbocycles. The van der Waals surface area contributed by atoms with E-state index in [1.165, 1.54) is 20.8 Å². The Morgan fingerprint density at radius 3 is 2.30 bits per heavy atom. The molecule has 2 aromatic rings. The molecule has 1 atom stereocenters. The Bertz CT molecular complexity index is 994. The number of carbonyl (C=O) groups is 3. The predicted octanol–water partition coefficient (Wildman–Crippen LogP) is 3.44. The molecule has 2 amide bonds. The van der Waals surface area contributed by atoms with Crippen molar-refractivity contribution in [2.24, 2.45) is 5.73 Å². The third kappa shape index (κ3) is 4.81. The van der Waals surface area contributed by atoms with E-state index in [-0.39, 0.29) is 26.7 Å². The van der Waals surface area contributed by atoms with Crippen LogP contribution in [-0.4, -0.2) is 33.7 Å². The Balaban J connectivity index is 2.38. The number of nitrogens with two attached hydrogens (primary N) is 1. The summed E-state index contributed by atoms with van der Waals surface area (Å²) < 4.78 is 44.8. The average molecular weight is 446 g/mol. The van der Waals surface area contributed by atoms with Gasteiger partial charge in [-0.05, 0) is 46.2 Å². The SMILES string of the molecule is Cc1c(C(N)=O)sc(NC(=O)C(C)n2nc(C(F)(F)F)cc2C)c1C(=O)OC(C)C. The summed E-state index contributed by atoms with van der Waals surface area (Å²) in [4.78, 5) is 36.9. The van der Waals surface area contributed by atoms with E-state index in [0.29, 0.717) is 0 Å². The first-order valence-corrected chi connectivity index (χ1v) is 9.64. The molecule has 12 heteroatoms. The lowest BCUT2D eigenvalue weighted by Crippen LogP contribution is -2.26. The molecule has 0 aliphatic heterocycles. The maximum absolute atomic E-state index is 12.9. The number of primary amides is 1. The first kappa shape index (κ1) is 23.4. The third-order valence-corrected chi connectivity index (χ3v) is 5.34. The Labute approximate surface area is 174 Å². The van der Waals surface area contributed by atoms with Gasteiger partial charge < -0.3 is 15.8 Å². The predicted molar refractivity (Wildman–Crippen MR) is 103 cm³/mol. The molecule has 0 aliphatic carbocycles. The number of esters is 1. The van der Waals surface area contributed by atoms with E-state index in [1.54, 1.807) is 13.8 Å². The van der Waals surface area contributed by atoms with Gasteiger partial charge in [-0.25, -0.2) is 4.79 Å². The zero-order valence-corrected chi connectivity index (χ0v) is 17.7. The van der Waals surface area contributed by atoms with Crippen molar-refractivity contribution in [1.29, 1.82) is 0 Å². The fourth-order valence-electron chi connectivity index (χ4n) is 2.70. The zero-order valence-electron chi connectivity index (χ0n) is 16.9. The van der Waals surface area contributed by atoms with Crippen LogP contribution in [0.2, 0.25) is 0 Å². The lowest BCUT2D eigenvalue weighted by Gasteiger charge is -2.15. The first-order chi connectivity index (χ1) is 13.7. The van der Waals surface area contributed by atoms with Crippen molar-refractivity contribution >= 4 is 34.1 Å². The number of nitrogens with zero attached hydrogens (tertiary/aromatic N) is 2. The van der Waals surface area contributed by atoms with Crippen LogP contribution in [0.25, 0.3) is 0 Å². The van der Waals surface area contributed by atoms with Gasteiger partial charge in [-0.3, -0.25) is 14.3 Å². The van der Waals surface area contributed by atoms with Crippen LogP contribution in [0.1, 0.15) is 63.8 Å². The lowest BCUT2D eigenvalue weighted by molar-refractivity contribution is -0.141. The van der Waals surface area contributed by atoms with E-state index in [4.69, 9.17) is 10.5 Å². The summed E-state index contributed by atoms with van der Waals surface area (Å²) in [6.45, 7) is 7.50. The number of ether oxygens (including phenoxy) is 1. The maximum atomic E-state index is 12.9. The number of alkyl halides is 3. The molecule has 0 bridgehead atoms. The molecule has 30 heavy (non-hydrogen) atoms. The summed E-state index contributed by atoms with van der Waals surface area (Å²) in [6, 6.07) is -0.301. The largest absolute Gasteiger partial charge is 0.459 e. The van der Waals surface area contributed by atoms with E-state index in [0.717, 1.165) is 22.1 Å². The van der Waals surface area contributed by atoms with Crippen LogP contribution < -0.4 is 11.1 Å². The van der Waals surface area contributed by atoms with Crippen LogP contribution in [0, 0.1) is 13.8 Å². The zero-order chi connectivity index (χ0) is 23.0. The van der Waals surface area contributed by atoms with Gasteiger partial charge in [-0.1, -0.05) is 0 Å². The normalized spacial score (nSPS) is 12.7. The smallest absolute Gasteiger partial charge is 0.435 e. The minimum absolute atomic E-state index is 0.0182. The maximum Gasteiger partial charge on any atom is 0.435 e. The molecule has 1 unspecified atom stereocenters. The van der Waals surface area contributed by atoms with Crippen LogP contribution in [0.4, 0.5) is 18.2 Å². The summed E-state index contributed by atoms with van der Waals surface area (Å²) >= 11 is 0.787. The van der Waals surface area contributed by atoms with Gasteiger partial charge in [-0.15, -0.1) is 11.3 Å². The number of rotatable bonds is 6. The molecule has 0 fully saturated rings. The third-order valence-electron chi connectivity index (χ3n) is 4.11. The van der Waals surface area contributed by atoms with Crippen LogP contribution in [0.5, 0.6) is 0 Å². The van der Waals surface area contributed by atoms with Crippen LogP contribution in [0.15, 0.2) is 6.07 Å². The highest BCUT2D eigenvalue weighted by Gasteiger charge is 2.35. The van der Waals surface area contributed by atoms with Crippen molar-refractivity contribution in [3.63, 3.8) is 0 Å². The van der Waals surface area contributed by atoms with Crippen molar-refractivity contribution in [1.82, 2.24) is 9.78 Å². The molecule has 0 radical (unpaired) electrons. The highest BCUT2D eigenvalue weighted by molar-refractivity contribution is 7.18. The lowest BCUT2D eigenvalue weighted by atomic mass is 10.1. The summed E-state index contributed by atoms with van der Waals surface area (Å²) in [6.07, 6.45) is -5.11. The second-order valence-electron chi connectivity index (χ2n) is 6.86. The summed E-state index contributed by atoms with van der Waals surface area (Å²) in [5.74, 6) is -2.28. The Hall–Kier alpha value is -2.89. The number of aromatic nitrogens is 2. The standard InChI is InChI=1S/C18H21F3N4O4S/c1-7(2)29-17(28)12-9(4)13(14(22)26)30-16(12)23-15(27)10(5)25-8(3)6-11(24-25)18(19,20)21/h6-7,10H,1-5H3,(H2,22,26)(H,23,27). The molecule has 0 aromatic carbocycles. The molecule has 164 valence electrons. The molecule has 2 heterocycles. The molecule has 2 rings (SSSR count). The second-order valence-corrected chi connectivity index (χ2v) is 7.88.